The number of benzene rings is 2. The summed E-state index contributed by atoms with van der Waals surface area (Å²) >= 11 is 1.14. The number of halogens is 3. The Hall–Kier alpha value is -2.52. The minimum Gasteiger partial charge on any atom is -0.327 e. The molecule has 30 heavy (non-hydrogen) atoms. The second-order valence-electron chi connectivity index (χ2n) is 6.41. The smallest absolute Gasteiger partial charge is 0.327 e. The van der Waals surface area contributed by atoms with Crippen molar-refractivity contribution in [1.29, 1.82) is 0 Å². The van der Waals surface area contributed by atoms with Crippen LogP contribution in [0.3, 0.4) is 0 Å². The zero-order valence-electron chi connectivity index (χ0n) is 16.6. The number of amides is 2. The summed E-state index contributed by atoms with van der Waals surface area (Å²) in [6.45, 7) is 2.17. The fourth-order valence-corrected chi connectivity index (χ4v) is 2.95. The fourth-order valence-electron chi connectivity index (χ4n) is 2.43. The van der Waals surface area contributed by atoms with Crippen molar-refractivity contribution in [1.82, 2.24) is 4.72 Å². The van der Waals surface area contributed by atoms with Gasteiger partial charge in [0.2, 0.25) is 6.41 Å². The lowest BCUT2D eigenvalue weighted by atomic mass is 10.0. The molecule has 2 amide bonds. The molecule has 0 aliphatic carbocycles. The van der Waals surface area contributed by atoms with Crippen LogP contribution in [0.4, 0.5) is 18.9 Å². The van der Waals surface area contributed by atoms with E-state index in [1.807, 2.05) is 6.07 Å². The molecule has 5 nitrogen and oxygen atoms in total. The Balaban J connectivity index is 0.000000325. The van der Waals surface area contributed by atoms with Crippen molar-refractivity contribution < 1.29 is 22.8 Å². The van der Waals surface area contributed by atoms with Crippen molar-refractivity contribution in [2.45, 2.75) is 44.2 Å². The van der Waals surface area contributed by atoms with E-state index < -0.39 is 12.1 Å². The van der Waals surface area contributed by atoms with Crippen LogP contribution in [0.15, 0.2) is 54.6 Å². The predicted octanol–water partition coefficient (Wildman–Crippen LogP) is 4.44. The number of nitrogens with one attached hydrogen (secondary N) is 2. The van der Waals surface area contributed by atoms with Gasteiger partial charge in [-0.25, -0.2) is 0 Å². The summed E-state index contributed by atoms with van der Waals surface area (Å²) in [5.41, 5.74) is 8.13. The molecule has 0 bridgehead atoms. The summed E-state index contributed by atoms with van der Waals surface area (Å²) in [7, 11) is 0. The number of hydrogen-bond acceptors (Lipinski definition) is 4. The van der Waals surface area contributed by atoms with Crippen LogP contribution in [0.5, 0.6) is 0 Å². The lowest BCUT2D eigenvalue weighted by molar-refractivity contribution is -0.167. The van der Waals surface area contributed by atoms with Crippen LogP contribution < -0.4 is 15.8 Å². The Bertz CT molecular complexity index is 756. The first-order valence-corrected chi connectivity index (χ1v) is 10.3. The molecule has 0 aliphatic rings. The third-order valence-corrected chi connectivity index (χ3v) is 4.58. The van der Waals surface area contributed by atoms with E-state index in [2.05, 4.69) is 35.9 Å². The van der Waals surface area contributed by atoms with Crippen LogP contribution >= 0.6 is 11.9 Å². The maximum atomic E-state index is 12.0. The van der Waals surface area contributed by atoms with E-state index in [1.165, 1.54) is 24.1 Å². The summed E-state index contributed by atoms with van der Waals surface area (Å²) in [5, 5.41) is 1.73. The first-order valence-electron chi connectivity index (χ1n) is 9.33. The molecule has 2 rings (SSSR count). The SMILES string of the molecule is CCCC(N)Cc1ccccc1.O=CNSCc1ccc(NC(=O)C(F)(F)F)cc1. The molecule has 1 atom stereocenters. The average Bonchev–Trinajstić information content (AvgIpc) is 2.70. The normalized spacial score (nSPS) is 11.6. The molecular formula is C21H26F3N3O2S. The lowest BCUT2D eigenvalue weighted by Crippen LogP contribution is -2.29. The highest BCUT2D eigenvalue weighted by Gasteiger charge is 2.38. The largest absolute Gasteiger partial charge is 0.471 e. The van der Waals surface area contributed by atoms with Crippen LogP contribution in [-0.2, 0) is 21.8 Å². The fraction of sp³-hybridized carbons (Fsp3) is 0.333. The number of nitrogens with two attached hydrogens (primary N) is 1. The zero-order chi connectivity index (χ0) is 22.4. The van der Waals surface area contributed by atoms with Crippen LogP contribution in [0, 0.1) is 0 Å². The van der Waals surface area contributed by atoms with Gasteiger partial charge in [0.1, 0.15) is 0 Å². The van der Waals surface area contributed by atoms with Gasteiger partial charge >= 0.3 is 12.1 Å². The third kappa shape index (κ3) is 10.9. The second-order valence-corrected chi connectivity index (χ2v) is 7.22. The molecule has 1 unspecified atom stereocenters. The molecular weight excluding hydrogens is 415 g/mol. The third-order valence-electron chi connectivity index (χ3n) is 3.84. The molecule has 0 saturated carbocycles. The second kappa shape index (κ2) is 13.7. The van der Waals surface area contributed by atoms with Gasteiger partial charge in [0, 0.05) is 17.5 Å². The summed E-state index contributed by atoms with van der Waals surface area (Å²) in [4.78, 5) is 20.6. The molecule has 4 N–H and O–H groups in total. The summed E-state index contributed by atoms with van der Waals surface area (Å²) in [6, 6.07) is 16.6. The first-order chi connectivity index (χ1) is 14.3. The Morgan fingerprint density at radius 1 is 1.10 bits per heavy atom. The molecule has 0 heterocycles. The number of rotatable bonds is 9. The van der Waals surface area contributed by atoms with Gasteiger partial charge in [-0.3, -0.25) is 9.59 Å². The molecule has 0 fully saturated rings. The van der Waals surface area contributed by atoms with Gasteiger partial charge in [0.15, 0.2) is 0 Å². The van der Waals surface area contributed by atoms with Crippen molar-refractivity contribution in [2.75, 3.05) is 5.32 Å². The highest BCUT2D eigenvalue weighted by molar-refractivity contribution is 7.97. The molecule has 0 radical (unpaired) electrons. The Kier molecular flexibility index (Phi) is 11.6. The van der Waals surface area contributed by atoms with Gasteiger partial charge in [-0.1, -0.05) is 55.8 Å². The summed E-state index contributed by atoms with van der Waals surface area (Å²) in [5.74, 6) is -1.53. The van der Waals surface area contributed by atoms with Crippen molar-refractivity contribution in [2.24, 2.45) is 5.73 Å². The molecule has 0 aromatic heterocycles. The standard InChI is InChI=1S/C11H17N.C10H9F3N2O2S/c1-2-6-11(12)9-10-7-4-3-5-8-10;11-10(12,13)9(17)15-8-3-1-7(2-4-8)5-18-14-6-16/h3-5,7-8,11H,2,6,9,12H2,1H3;1-4,6H,5H2,(H,14,16)(H,15,17). The molecule has 164 valence electrons. The number of carbonyl (C=O) groups is 2. The van der Waals surface area contributed by atoms with E-state index >= 15 is 0 Å². The molecule has 0 spiro atoms. The van der Waals surface area contributed by atoms with E-state index in [9.17, 15) is 22.8 Å². The molecule has 2 aromatic rings. The molecule has 9 heteroatoms. The maximum absolute atomic E-state index is 12.0. The Labute approximate surface area is 178 Å². The topological polar surface area (TPSA) is 84.2 Å². The van der Waals surface area contributed by atoms with Gasteiger partial charge < -0.3 is 15.8 Å². The average molecular weight is 442 g/mol. The first kappa shape index (κ1) is 25.5. The van der Waals surface area contributed by atoms with Crippen LogP contribution in [0.2, 0.25) is 0 Å². The summed E-state index contributed by atoms with van der Waals surface area (Å²) < 4.78 is 38.3. The quantitative estimate of drug-likeness (QED) is 0.305. The van der Waals surface area contributed by atoms with Crippen LogP contribution in [0.25, 0.3) is 0 Å². The minimum atomic E-state index is -4.90. The predicted molar refractivity (Wildman–Crippen MR) is 115 cm³/mol. The van der Waals surface area contributed by atoms with Gasteiger partial charge in [-0.05, 0) is 48.0 Å². The number of alkyl halides is 3. The minimum absolute atomic E-state index is 0.0643. The molecule has 0 saturated heterocycles. The van der Waals surface area contributed by atoms with E-state index in [0.29, 0.717) is 18.2 Å². The number of carbonyl (C=O) groups excluding carboxylic acids is 2. The monoisotopic (exact) mass is 441 g/mol. The molecule has 2 aromatic carbocycles. The van der Waals surface area contributed by atoms with Crippen LogP contribution in [-0.4, -0.2) is 24.5 Å². The van der Waals surface area contributed by atoms with Gasteiger partial charge in [0.25, 0.3) is 0 Å². The number of anilines is 1. The van der Waals surface area contributed by atoms with Gasteiger partial charge in [-0.2, -0.15) is 13.2 Å². The van der Waals surface area contributed by atoms with E-state index in [0.717, 1.165) is 30.4 Å². The lowest BCUT2D eigenvalue weighted by Gasteiger charge is -2.09. The van der Waals surface area contributed by atoms with Crippen molar-refractivity contribution in [3.63, 3.8) is 0 Å². The van der Waals surface area contributed by atoms with E-state index in [1.54, 1.807) is 17.4 Å². The van der Waals surface area contributed by atoms with Crippen LogP contribution in [0.1, 0.15) is 30.9 Å². The maximum Gasteiger partial charge on any atom is 0.471 e. The van der Waals surface area contributed by atoms with Crippen molar-refractivity contribution >= 4 is 30.0 Å². The van der Waals surface area contributed by atoms with Crippen molar-refractivity contribution in [3.05, 3.63) is 65.7 Å². The zero-order valence-corrected chi connectivity index (χ0v) is 17.4. The van der Waals surface area contributed by atoms with Crippen molar-refractivity contribution in [3.8, 4) is 0 Å². The van der Waals surface area contributed by atoms with E-state index in [4.69, 9.17) is 5.73 Å². The van der Waals surface area contributed by atoms with Gasteiger partial charge in [0.05, 0.1) is 0 Å². The van der Waals surface area contributed by atoms with E-state index in [-0.39, 0.29) is 5.69 Å². The highest BCUT2D eigenvalue weighted by Crippen LogP contribution is 2.19. The Morgan fingerprint density at radius 3 is 2.27 bits per heavy atom. The number of hydrogen-bond donors (Lipinski definition) is 3. The highest BCUT2D eigenvalue weighted by atomic mass is 32.2. The summed E-state index contributed by atoms with van der Waals surface area (Å²) in [6.07, 6.45) is -1.07. The molecule has 0 aliphatic heterocycles. The Morgan fingerprint density at radius 2 is 1.73 bits per heavy atom. The van der Waals surface area contributed by atoms with Gasteiger partial charge in [-0.15, -0.1) is 0 Å².